The predicted octanol–water partition coefficient (Wildman–Crippen LogP) is 3.61. The molecule has 1 aliphatic carbocycles. The van der Waals surface area contributed by atoms with E-state index in [4.69, 9.17) is 4.74 Å². The molecule has 4 rings (SSSR count). The highest BCUT2D eigenvalue weighted by atomic mass is 16.5. The molecule has 0 unspecified atom stereocenters. The molecular formula is C23H29N3O2. The molecule has 1 saturated heterocycles. The lowest BCUT2D eigenvalue weighted by molar-refractivity contribution is -0.118. The molecule has 28 heavy (non-hydrogen) atoms. The molecule has 2 aliphatic rings. The van der Waals surface area contributed by atoms with Gasteiger partial charge < -0.3 is 15.0 Å². The molecule has 0 bridgehead atoms. The summed E-state index contributed by atoms with van der Waals surface area (Å²) in [4.78, 5) is 17.2. The largest absolute Gasteiger partial charge is 0.484 e. The number of piperazine rings is 1. The average Bonchev–Trinajstić information content (AvgIpc) is 3.55. The number of carbonyl (C=O) groups is 1. The Kier molecular flexibility index (Phi) is 5.53. The number of anilines is 2. The van der Waals surface area contributed by atoms with Crippen molar-refractivity contribution in [2.75, 3.05) is 43.0 Å². The van der Waals surface area contributed by atoms with E-state index in [9.17, 15) is 4.79 Å². The number of nitrogens with zero attached hydrogens (tertiary/aromatic N) is 2. The first-order chi connectivity index (χ1) is 13.6. The van der Waals surface area contributed by atoms with Gasteiger partial charge in [0.1, 0.15) is 5.75 Å². The van der Waals surface area contributed by atoms with Crippen molar-refractivity contribution in [3.05, 3.63) is 53.6 Å². The van der Waals surface area contributed by atoms with E-state index in [-0.39, 0.29) is 12.5 Å². The Morgan fingerprint density at radius 1 is 1.00 bits per heavy atom. The molecule has 1 aliphatic heterocycles. The Labute approximate surface area is 167 Å². The van der Waals surface area contributed by atoms with Crippen LogP contribution in [0.2, 0.25) is 0 Å². The Morgan fingerprint density at radius 3 is 2.36 bits per heavy atom. The molecule has 1 heterocycles. The molecule has 1 N–H and O–H groups in total. The number of hydrogen-bond acceptors (Lipinski definition) is 4. The molecule has 0 atom stereocenters. The van der Waals surface area contributed by atoms with Crippen molar-refractivity contribution in [3.63, 3.8) is 0 Å². The summed E-state index contributed by atoms with van der Waals surface area (Å²) in [6, 6.07) is 14.8. The van der Waals surface area contributed by atoms with Gasteiger partial charge in [0.2, 0.25) is 0 Å². The van der Waals surface area contributed by atoms with Crippen LogP contribution in [0.5, 0.6) is 5.75 Å². The molecule has 0 radical (unpaired) electrons. The minimum Gasteiger partial charge on any atom is -0.484 e. The minimum absolute atomic E-state index is 0.00732. The summed E-state index contributed by atoms with van der Waals surface area (Å²) in [5.41, 5.74) is 4.39. The minimum atomic E-state index is -0.149. The van der Waals surface area contributed by atoms with E-state index < -0.39 is 0 Å². The van der Waals surface area contributed by atoms with E-state index in [0.717, 1.165) is 49.2 Å². The van der Waals surface area contributed by atoms with Crippen LogP contribution < -0.4 is 15.0 Å². The van der Waals surface area contributed by atoms with Crippen molar-refractivity contribution in [1.82, 2.24) is 4.90 Å². The smallest absolute Gasteiger partial charge is 0.262 e. The number of benzene rings is 2. The van der Waals surface area contributed by atoms with Gasteiger partial charge in [0, 0.05) is 43.6 Å². The number of carbonyl (C=O) groups excluding carboxylic acids is 1. The quantitative estimate of drug-likeness (QED) is 0.833. The van der Waals surface area contributed by atoms with Gasteiger partial charge in [-0.15, -0.1) is 0 Å². The zero-order valence-electron chi connectivity index (χ0n) is 16.8. The van der Waals surface area contributed by atoms with Gasteiger partial charge in [-0.3, -0.25) is 9.69 Å². The molecule has 2 fully saturated rings. The first kappa shape index (κ1) is 18.8. The van der Waals surface area contributed by atoms with Gasteiger partial charge in [-0.2, -0.15) is 0 Å². The third-order valence-electron chi connectivity index (χ3n) is 5.74. The van der Waals surface area contributed by atoms with Crippen LogP contribution in [0.4, 0.5) is 11.4 Å². The maximum absolute atomic E-state index is 12.2. The molecule has 5 heteroatoms. The third-order valence-corrected chi connectivity index (χ3v) is 5.74. The van der Waals surface area contributed by atoms with Crippen LogP contribution in [-0.4, -0.2) is 49.6 Å². The fraction of sp³-hybridized carbons (Fsp3) is 0.435. The van der Waals surface area contributed by atoms with E-state index in [2.05, 4.69) is 34.2 Å². The third kappa shape index (κ3) is 4.65. The SMILES string of the molecule is Cc1ccc(OCC(=O)Nc2ccc(N3CCN(C4CC4)CC3)cc2)cc1C. The number of hydrogen-bond donors (Lipinski definition) is 1. The van der Waals surface area contributed by atoms with Crippen molar-refractivity contribution < 1.29 is 9.53 Å². The lowest BCUT2D eigenvalue weighted by atomic mass is 10.1. The zero-order valence-corrected chi connectivity index (χ0v) is 16.8. The van der Waals surface area contributed by atoms with Gasteiger partial charge in [0.05, 0.1) is 0 Å². The number of ether oxygens (including phenoxy) is 1. The second-order valence-corrected chi connectivity index (χ2v) is 7.88. The summed E-state index contributed by atoms with van der Waals surface area (Å²) < 4.78 is 5.60. The van der Waals surface area contributed by atoms with Gasteiger partial charge in [-0.1, -0.05) is 6.07 Å². The molecule has 2 aromatic rings. The number of aryl methyl sites for hydroxylation is 2. The van der Waals surface area contributed by atoms with Crippen LogP contribution in [0, 0.1) is 13.8 Å². The van der Waals surface area contributed by atoms with Gasteiger partial charge >= 0.3 is 0 Å². The lowest BCUT2D eigenvalue weighted by Crippen LogP contribution is -2.47. The van der Waals surface area contributed by atoms with Gasteiger partial charge in [-0.25, -0.2) is 0 Å². The molecule has 1 saturated carbocycles. The average molecular weight is 380 g/mol. The second-order valence-electron chi connectivity index (χ2n) is 7.88. The Balaban J connectivity index is 1.25. The van der Waals surface area contributed by atoms with Crippen LogP contribution in [0.3, 0.4) is 0 Å². The highest BCUT2D eigenvalue weighted by molar-refractivity contribution is 5.92. The van der Waals surface area contributed by atoms with E-state index >= 15 is 0 Å². The molecule has 0 spiro atoms. The van der Waals surface area contributed by atoms with Crippen LogP contribution in [0.1, 0.15) is 24.0 Å². The maximum atomic E-state index is 12.2. The molecule has 148 valence electrons. The van der Waals surface area contributed by atoms with Gasteiger partial charge in [0.15, 0.2) is 6.61 Å². The van der Waals surface area contributed by atoms with Crippen molar-refractivity contribution in [2.24, 2.45) is 0 Å². The lowest BCUT2D eigenvalue weighted by Gasteiger charge is -2.36. The monoisotopic (exact) mass is 379 g/mol. The normalized spacial score (nSPS) is 17.4. The van der Waals surface area contributed by atoms with Gasteiger partial charge in [0.25, 0.3) is 5.91 Å². The highest BCUT2D eigenvalue weighted by Crippen LogP contribution is 2.28. The second kappa shape index (κ2) is 8.23. The molecule has 0 aromatic heterocycles. The standard InChI is InChI=1S/C23H29N3O2/c1-17-3-10-22(15-18(17)2)28-16-23(27)24-19-4-6-20(7-5-19)25-11-13-26(14-12-25)21-8-9-21/h3-7,10,15,21H,8-9,11-14,16H2,1-2H3,(H,24,27). The van der Waals surface area contributed by atoms with E-state index in [1.807, 2.05) is 37.3 Å². The molecular weight excluding hydrogens is 350 g/mol. The van der Waals surface area contributed by atoms with Crippen LogP contribution in [-0.2, 0) is 4.79 Å². The maximum Gasteiger partial charge on any atom is 0.262 e. The number of amides is 1. The van der Waals surface area contributed by atoms with E-state index in [1.54, 1.807) is 0 Å². The first-order valence-corrected chi connectivity index (χ1v) is 10.2. The Hall–Kier alpha value is -2.53. The highest BCUT2D eigenvalue weighted by Gasteiger charge is 2.31. The summed E-state index contributed by atoms with van der Waals surface area (Å²) >= 11 is 0. The van der Waals surface area contributed by atoms with Crippen molar-refractivity contribution >= 4 is 17.3 Å². The molecule has 1 amide bonds. The van der Waals surface area contributed by atoms with Crippen molar-refractivity contribution in [2.45, 2.75) is 32.7 Å². The van der Waals surface area contributed by atoms with Crippen molar-refractivity contribution in [3.8, 4) is 5.75 Å². The van der Waals surface area contributed by atoms with Gasteiger partial charge in [-0.05, 0) is 74.2 Å². The molecule has 2 aromatic carbocycles. The Bertz CT molecular complexity index is 822. The summed E-state index contributed by atoms with van der Waals surface area (Å²) in [7, 11) is 0. The Morgan fingerprint density at radius 2 is 1.71 bits per heavy atom. The predicted molar refractivity (Wildman–Crippen MR) is 113 cm³/mol. The summed E-state index contributed by atoms with van der Waals surface area (Å²) in [6.45, 7) is 8.56. The van der Waals surface area contributed by atoms with Crippen LogP contribution >= 0.6 is 0 Å². The van der Waals surface area contributed by atoms with Crippen LogP contribution in [0.25, 0.3) is 0 Å². The fourth-order valence-corrected chi connectivity index (χ4v) is 3.69. The van der Waals surface area contributed by atoms with E-state index in [0.29, 0.717) is 0 Å². The summed E-state index contributed by atoms with van der Waals surface area (Å²) in [5, 5.41) is 2.91. The number of nitrogens with one attached hydrogen (secondary N) is 1. The summed E-state index contributed by atoms with van der Waals surface area (Å²) in [5.74, 6) is 0.572. The van der Waals surface area contributed by atoms with E-state index in [1.165, 1.54) is 24.1 Å². The first-order valence-electron chi connectivity index (χ1n) is 10.2. The number of rotatable bonds is 6. The molecule has 5 nitrogen and oxygen atoms in total. The van der Waals surface area contributed by atoms with Crippen molar-refractivity contribution in [1.29, 1.82) is 0 Å². The zero-order chi connectivity index (χ0) is 19.5. The van der Waals surface area contributed by atoms with Crippen LogP contribution in [0.15, 0.2) is 42.5 Å². The fourth-order valence-electron chi connectivity index (χ4n) is 3.69. The topological polar surface area (TPSA) is 44.8 Å². The summed E-state index contributed by atoms with van der Waals surface area (Å²) in [6.07, 6.45) is 2.75.